The smallest absolute Gasteiger partial charge is 0.322 e. The summed E-state index contributed by atoms with van der Waals surface area (Å²) < 4.78 is 94.1. The van der Waals surface area contributed by atoms with Crippen LogP contribution in [0.5, 0.6) is 0 Å². The zero-order valence-electron chi connectivity index (χ0n) is 20.1. The zero-order chi connectivity index (χ0) is 29.3. The average Bonchev–Trinajstić information content (AvgIpc) is 2.83. The Morgan fingerprint density at radius 1 is 0.821 bits per heavy atom. The molecule has 0 radical (unpaired) electrons. The molecule has 0 saturated carbocycles. The monoisotopic (exact) mass is 594 g/mol. The third kappa shape index (κ3) is 6.14. The van der Waals surface area contributed by atoms with E-state index in [9.17, 15) is 40.3 Å². The Labute approximate surface area is 228 Å². The molecule has 0 spiro atoms. The van der Waals surface area contributed by atoms with E-state index in [1.54, 1.807) is 0 Å². The molecule has 0 saturated heterocycles. The molecule has 3 aromatic carbocycles. The number of carbonyl (C=O) groups is 2. The normalized spacial score (nSPS) is 12.3. The molecule has 0 aromatic heterocycles. The van der Waals surface area contributed by atoms with Gasteiger partial charge in [-0.2, -0.15) is 26.3 Å². The van der Waals surface area contributed by atoms with E-state index in [1.165, 1.54) is 49.4 Å². The van der Waals surface area contributed by atoms with E-state index < -0.39 is 35.4 Å². The van der Waals surface area contributed by atoms with Crippen molar-refractivity contribution in [3.63, 3.8) is 0 Å². The van der Waals surface area contributed by atoms with Crippen LogP contribution in [0.15, 0.2) is 54.6 Å². The summed E-state index contributed by atoms with van der Waals surface area (Å²) in [5.74, 6) is -1.38. The van der Waals surface area contributed by atoms with Gasteiger partial charge < -0.3 is 10.6 Å². The molecule has 39 heavy (non-hydrogen) atoms. The maximum absolute atomic E-state index is 14.6. The number of alkyl halides is 7. The molecule has 0 unspecified atom stereocenters. The van der Waals surface area contributed by atoms with E-state index in [0.717, 1.165) is 6.92 Å². The minimum absolute atomic E-state index is 0.00551. The lowest BCUT2D eigenvalue weighted by Gasteiger charge is -2.31. The number of anilines is 2. The highest BCUT2D eigenvalue weighted by atomic mass is 35.5. The van der Waals surface area contributed by atoms with Crippen molar-refractivity contribution < 1.29 is 40.3 Å². The van der Waals surface area contributed by atoms with Crippen LogP contribution in [0.3, 0.4) is 0 Å². The quantitative estimate of drug-likeness (QED) is 0.280. The summed E-state index contributed by atoms with van der Waals surface area (Å²) >= 11 is 11.9. The van der Waals surface area contributed by atoms with Crippen LogP contribution >= 0.6 is 23.2 Å². The first-order valence-electron chi connectivity index (χ1n) is 11.1. The Balaban J connectivity index is 1.91. The highest BCUT2D eigenvalue weighted by molar-refractivity contribution is 6.37. The van der Waals surface area contributed by atoms with Crippen LogP contribution < -0.4 is 10.6 Å². The molecule has 0 bridgehead atoms. The van der Waals surface area contributed by atoms with Gasteiger partial charge in [0, 0.05) is 27.5 Å². The number of nitrogens with one attached hydrogen (secondary N) is 2. The highest BCUT2D eigenvalue weighted by Gasteiger charge is 2.73. The fourth-order valence-corrected chi connectivity index (χ4v) is 4.30. The van der Waals surface area contributed by atoms with Gasteiger partial charge in [0.05, 0.1) is 10.6 Å². The summed E-state index contributed by atoms with van der Waals surface area (Å²) in [7, 11) is 0. The topological polar surface area (TPSA) is 58.2 Å². The highest BCUT2D eigenvalue weighted by Crippen LogP contribution is 2.54. The van der Waals surface area contributed by atoms with E-state index in [4.69, 9.17) is 23.2 Å². The Morgan fingerprint density at radius 2 is 1.46 bits per heavy atom. The summed E-state index contributed by atoms with van der Waals surface area (Å²) in [4.78, 5) is 25.5. The molecule has 3 aromatic rings. The molecule has 0 fully saturated rings. The lowest BCUT2D eigenvalue weighted by atomic mass is 9.89. The number of rotatable bonds is 6. The first kappa shape index (κ1) is 30.2. The van der Waals surface area contributed by atoms with Gasteiger partial charge in [-0.3, -0.25) is 9.59 Å². The third-order valence-electron chi connectivity index (χ3n) is 5.77. The molecule has 4 nitrogen and oxygen atoms in total. The van der Waals surface area contributed by atoms with Crippen molar-refractivity contribution >= 4 is 46.4 Å². The van der Waals surface area contributed by atoms with Crippen LogP contribution in [0.4, 0.5) is 42.1 Å². The molecular formula is C26H19Cl2F7N2O2. The van der Waals surface area contributed by atoms with E-state index >= 15 is 0 Å². The van der Waals surface area contributed by atoms with E-state index in [0.29, 0.717) is 17.2 Å². The summed E-state index contributed by atoms with van der Waals surface area (Å²) in [6.45, 7) is 2.57. The number of amides is 2. The van der Waals surface area contributed by atoms with Crippen LogP contribution in [0.2, 0.25) is 10.0 Å². The second-order valence-corrected chi connectivity index (χ2v) is 9.29. The number of halogens is 9. The van der Waals surface area contributed by atoms with Gasteiger partial charge in [-0.15, -0.1) is 0 Å². The second kappa shape index (κ2) is 11.1. The lowest BCUT2D eigenvalue weighted by Crippen LogP contribution is -2.50. The van der Waals surface area contributed by atoms with Crippen LogP contribution in [-0.4, -0.2) is 24.2 Å². The fraction of sp³-hybridized carbons (Fsp3) is 0.231. The number of hydrogen-bond donors (Lipinski definition) is 2. The largest absolute Gasteiger partial charge is 0.435 e. The fourth-order valence-electron chi connectivity index (χ4n) is 3.80. The number of benzene rings is 3. The first-order chi connectivity index (χ1) is 18.0. The third-order valence-corrected chi connectivity index (χ3v) is 6.32. The molecule has 0 aliphatic heterocycles. The van der Waals surface area contributed by atoms with Gasteiger partial charge in [-0.1, -0.05) is 42.3 Å². The molecule has 2 amide bonds. The second-order valence-electron chi connectivity index (χ2n) is 8.45. The maximum atomic E-state index is 14.6. The van der Waals surface area contributed by atoms with Crippen LogP contribution in [-0.2, 0) is 12.1 Å². The van der Waals surface area contributed by atoms with Crippen molar-refractivity contribution in [2.45, 2.75) is 38.3 Å². The van der Waals surface area contributed by atoms with Gasteiger partial charge in [0.25, 0.3) is 11.8 Å². The molecule has 208 valence electrons. The number of aryl methyl sites for hydroxylation is 2. The molecule has 13 heteroatoms. The van der Waals surface area contributed by atoms with Crippen molar-refractivity contribution in [3.8, 4) is 0 Å². The van der Waals surface area contributed by atoms with E-state index in [2.05, 4.69) is 10.6 Å². The molecule has 0 heterocycles. The van der Waals surface area contributed by atoms with Crippen LogP contribution in [0.25, 0.3) is 0 Å². The van der Waals surface area contributed by atoms with Crippen molar-refractivity contribution in [1.82, 2.24) is 0 Å². The standard InChI is InChI=1S/C26H19Cl2F7N2O2/c1-3-14-10-16(24(29,25(30,31)32)26(33,34)35)9-13(2)21(14)37-22(38)15-5-4-6-18(11-15)36-23(39)19-8-7-17(27)12-20(19)28/h4-12H,3H2,1-2H3,(H,36,39)(H,37,38). The van der Waals surface area contributed by atoms with Crippen LogP contribution in [0.1, 0.15) is 44.3 Å². The van der Waals surface area contributed by atoms with Crippen molar-refractivity contribution in [2.24, 2.45) is 0 Å². The van der Waals surface area contributed by atoms with Gasteiger partial charge in [-0.05, 0) is 66.9 Å². The SMILES string of the molecule is CCc1cc(C(F)(C(F)(F)F)C(F)(F)F)cc(C)c1NC(=O)c1cccc(NC(=O)c2ccc(Cl)cc2Cl)c1. The molecule has 0 atom stereocenters. The first-order valence-corrected chi connectivity index (χ1v) is 11.9. The summed E-state index contributed by atoms with van der Waals surface area (Å²) in [6.07, 6.45) is -12.7. The van der Waals surface area contributed by atoms with E-state index in [-0.39, 0.29) is 45.1 Å². The van der Waals surface area contributed by atoms with Crippen molar-refractivity contribution in [1.29, 1.82) is 0 Å². The van der Waals surface area contributed by atoms with Crippen LogP contribution in [0, 0.1) is 6.92 Å². The van der Waals surface area contributed by atoms with Crippen molar-refractivity contribution in [3.05, 3.63) is 92.5 Å². The van der Waals surface area contributed by atoms with Crippen molar-refractivity contribution in [2.75, 3.05) is 10.6 Å². The minimum atomic E-state index is -6.27. The Morgan fingerprint density at radius 3 is 2.03 bits per heavy atom. The molecule has 3 rings (SSSR count). The predicted molar refractivity (Wildman–Crippen MR) is 134 cm³/mol. The van der Waals surface area contributed by atoms with E-state index in [1.807, 2.05) is 0 Å². The predicted octanol–water partition coefficient (Wildman–Crippen LogP) is 8.66. The summed E-state index contributed by atoms with van der Waals surface area (Å²) in [6, 6.07) is 10.7. The van der Waals surface area contributed by atoms with Gasteiger partial charge in [0.1, 0.15) is 0 Å². The Bertz CT molecular complexity index is 1410. The Kier molecular flexibility index (Phi) is 8.57. The summed E-state index contributed by atoms with van der Waals surface area (Å²) in [5, 5.41) is 5.43. The number of carbonyl (C=O) groups excluding carboxylic acids is 2. The summed E-state index contributed by atoms with van der Waals surface area (Å²) in [5.41, 5.74) is -7.35. The Hall–Kier alpha value is -3.31. The molecule has 0 aliphatic carbocycles. The molecule has 2 N–H and O–H groups in total. The van der Waals surface area contributed by atoms with Gasteiger partial charge in [-0.25, -0.2) is 4.39 Å². The zero-order valence-corrected chi connectivity index (χ0v) is 21.6. The lowest BCUT2D eigenvalue weighted by molar-refractivity contribution is -0.348. The molecule has 0 aliphatic rings. The average molecular weight is 595 g/mol. The number of hydrogen-bond acceptors (Lipinski definition) is 2. The molecular weight excluding hydrogens is 576 g/mol. The maximum Gasteiger partial charge on any atom is 0.435 e. The van der Waals surface area contributed by atoms with Gasteiger partial charge in [0.2, 0.25) is 0 Å². The minimum Gasteiger partial charge on any atom is -0.322 e. The van der Waals surface area contributed by atoms with Gasteiger partial charge >= 0.3 is 18.0 Å². The van der Waals surface area contributed by atoms with Gasteiger partial charge in [0.15, 0.2) is 0 Å².